The number of fused-ring (bicyclic) bond motifs is 1. The maximum Gasteiger partial charge on any atom is 0.416 e. The number of carbonyl (C=O) groups is 1. The Kier molecular flexibility index (Phi) is 5.05. The monoisotopic (exact) mass is 395 g/mol. The minimum atomic E-state index is -4.48. The SMILES string of the molecule is Cc1sc2ncn(CCC(=O)Nc3cccc(C(F)(F)F)c3)c(=O)c2c1C. The summed E-state index contributed by atoms with van der Waals surface area (Å²) < 4.78 is 39.5. The van der Waals surface area contributed by atoms with E-state index in [0.717, 1.165) is 22.6 Å². The molecule has 0 radical (unpaired) electrons. The number of hydrogen-bond acceptors (Lipinski definition) is 4. The number of amides is 1. The summed E-state index contributed by atoms with van der Waals surface area (Å²) >= 11 is 1.44. The molecule has 0 aliphatic rings. The Morgan fingerprint density at radius 1 is 1.30 bits per heavy atom. The quantitative estimate of drug-likeness (QED) is 0.723. The van der Waals surface area contributed by atoms with E-state index in [-0.39, 0.29) is 24.2 Å². The van der Waals surface area contributed by atoms with Crippen molar-refractivity contribution in [1.82, 2.24) is 9.55 Å². The van der Waals surface area contributed by atoms with Crippen molar-refractivity contribution in [1.29, 1.82) is 0 Å². The van der Waals surface area contributed by atoms with Gasteiger partial charge in [0.15, 0.2) is 0 Å². The Balaban J connectivity index is 1.71. The van der Waals surface area contributed by atoms with Crippen LogP contribution in [0.2, 0.25) is 0 Å². The minimum Gasteiger partial charge on any atom is -0.326 e. The standard InChI is InChI=1S/C18H16F3N3O2S/c1-10-11(2)27-16-15(10)17(26)24(9-22-16)7-6-14(25)23-13-5-3-4-12(8-13)18(19,20)21/h3-5,8-9H,6-7H2,1-2H3,(H,23,25). The summed E-state index contributed by atoms with van der Waals surface area (Å²) in [5, 5.41) is 2.96. The van der Waals surface area contributed by atoms with E-state index in [9.17, 15) is 22.8 Å². The van der Waals surface area contributed by atoms with Gasteiger partial charge in [0.25, 0.3) is 5.56 Å². The zero-order valence-electron chi connectivity index (χ0n) is 14.6. The highest BCUT2D eigenvalue weighted by Crippen LogP contribution is 2.30. The second-order valence-electron chi connectivity index (χ2n) is 6.08. The molecule has 0 atom stereocenters. The van der Waals surface area contributed by atoms with Crippen molar-refractivity contribution in [3.8, 4) is 0 Å². The molecule has 27 heavy (non-hydrogen) atoms. The summed E-state index contributed by atoms with van der Waals surface area (Å²) in [6, 6.07) is 4.41. The predicted molar refractivity (Wildman–Crippen MR) is 98.0 cm³/mol. The van der Waals surface area contributed by atoms with Gasteiger partial charge in [-0.2, -0.15) is 13.2 Å². The Bertz CT molecular complexity index is 1070. The van der Waals surface area contributed by atoms with Crippen LogP contribution in [-0.4, -0.2) is 15.5 Å². The van der Waals surface area contributed by atoms with Crippen LogP contribution >= 0.6 is 11.3 Å². The predicted octanol–water partition coefficient (Wildman–Crippen LogP) is 4.12. The van der Waals surface area contributed by atoms with Gasteiger partial charge in [0.2, 0.25) is 5.91 Å². The van der Waals surface area contributed by atoms with E-state index in [0.29, 0.717) is 10.2 Å². The zero-order valence-corrected chi connectivity index (χ0v) is 15.4. The van der Waals surface area contributed by atoms with Gasteiger partial charge < -0.3 is 5.32 Å². The number of alkyl halides is 3. The maximum absolute atomic E-state index is 12.7. The molecular formula is C18H16F3N3O2S. The summed E-state index contributed by atoms with van der Waals surface area (Å²) in [6.07, 6.45) is -3.16. The van der Waals surface area contributed by atoms with Crippen LogP contribution in [0.25, 0.3) is 10.2 Å². The van der Waals surface area contributed by atoms with Crippen LogP contribution in [0.5, 0.6) is 0 Å². The molecule has 1 N–H and O–H groups in total. The van der Waals surface area contributed by atoms with Gasteiger partial charge in [-0.25, -0.2) is 4.98 Å². The third-order valence-electron chi connectivity index (χ3n) is 4.21. The summed E-state index contributed by atoms with van der Waals surface area (Å²) in [7, 11) is 0. The number of halogens is 3. The lowest BCUT2D eigenvalue weighted by atomic mass is 10.2. The first-order valence-corrected chi connectivity index (χ1v) is 8.90. The molecule has 0 saturated carbocycles. The third kappa shape index (κ3) is 4.02. The lowest BCUT2D eigenvalue weighted by Crippen LogP contribution is -2.23. The van der Waals surface area contributed by atoms with Crippen LogP contribution in [-0.2, 0) is 17.5 Å². The molecule has 0 spiro atoms. The third-order valence-corrected chi connectivity index (χ3v) is 5.32. The molecule has 1 aromatic carbocycles. The summed E-state index contributed by atoms with van der Waals surface area (Å²) in [6.45, 7) is 3.84. The molecule has 2 aromatic heterocycles. The molecule has 0 saturated heterocycles. The summed E-state index contributed by atoms with van der Waals surface area (Å²) in [5.74, 6) is -0.487. The van der Waals surface area contributed by atoms with E-state index >= 15 is 0 Å². The van der Waals surface area contributed by atoms with Crippen molar-refractivity contribution in [2.75, 3.05) is 5.32 Å². The van der Waals surface area contributed by atoms with E-state index < -0.39 is 17.6 Å². The van der Waals surface area contributed by atoms with Crippen molar-refractivity contribution in [3.05, 3.63) is 57.0 Å². The molecule has 2 heterocycles. The smallest absolute Gasteiger partial charge is 0.326 e. The van der Waals surface area contributed by atoms with Crippen LogP contribution in [0.15, 0.2) is 35.4 Å². The molecular weight excluding hydrogens is 379 g/mol. The average Bonchev–Trinajstić information content (AvgIpc) is 2.89. The zero-order chi connectivity index (χ0) is 19.8. The summed E-state index contributed by atoms with van der Waals surface area (Å²) in [4.78, 5) is 30.5. The van der Waals surface area contributed by atoms with Crippen molar-refractivity contribution in [2.45, 2.75) is 33.0 Å². The van der Waals surface area contributed by atoms with Crippen molar-refractivity contribution in [3.63, 3.8) is 0 Å². The van der Waals surface area contributed by atoms with Gasteiger partial charge >= 0.3 is 6.18 Å². The highest BCUT2D eigenvalue weighted by Gasteiger charge is 2.30. The fraction of sp³-hybridized carbons (Fsp3) is 0.278. The molecule has 1 amide bonds. The number of nitrogens with zero attached hydrogens (tertiary/aromatic N) is 2. The minimum absolute atomic E-state index is 0.0556. The largest absolute Gasteiger partial charge is 0.416 e. The Morgan fingerprint density at radius 2 is 2.04 bits per heavy atom. The number of nitrogens with one attached hydrogen (secondary N) is 1. The molecule has 0 fully saturated rings. The molecule has 0 aliphatic heterocycles. The van der Waals surface area contributed by atoms with E-state index in [2.05, 4.69) is 10.3 Å². The van der Waals surface area contributed by atoms with Gasteiger partial charge in [-0.15, -0.1) is 11.3 Å². The summed E-state index contributed by atoms with van der Waals surface area (Å²) in [5.41, 5.74) is -0.140. The Hall–Kier alpha value is -2.68. The highest BCUT2D eigenvalue weighted by atomic mass is 32.1. The Labute approximate surface area is 156 Å². The fourth-order valence-corrected chi connectivity index (χ4v) is 3.64. The topological polar surface area (TPSA) is 64.0 Å². The molecule has 5 nitrogen and oxygen atoms in total. The molecule has 142 valence electrons. The number of thiophene rings is 1. The van der Waals surface area contributed by atoms with Crippen molar-refractivity contribution >= 4 is 33.1 Å². The highest BCUT2D eigenvalue weighted by molar-refractivity contribution is 7.18. The van der Waals surface area contributed by atoms with Gasteiger partial charge in [0.05, 0.1) is 17.3 Å². The fourth-order valence-electron chi connectivity index (χ4n) is 2.65. The number of aryl methyl sites for hydroxylation is 3. The second-order valence-corrected chi connectivity index (χ2v) is 7.29. The second kappa shape index (κ2) is 7.15. The van der Waals surface area contributed by atoms with Gasteiger partial charge in [0.1, 0.15) is 4.83 Å². The molecule has 0 aliphatic carbocycles. The number of anilines is 1. The van der Waals surface area contributed by atoms with Gasteiger partial charge in [-0.3, -0.25) is 14.2 Å². The average molecular weight is 395 g/mol. The number of hydrogen-bond donors (Lipinski definition) is 1. The molecule has 0 unspecified atom stereocenters. The van der Waals surface area contributed by atoms with Gasteiger partial charge in [-0.05, 0) is 37.6 Å². The first kappa shape index (κ1) is 19.1. The molecule has 3 rings (SSSR count). The first-order chi connectivity index (χ1) is 12.7. The van der Waals surface area contributed by atoms with E-state index in [1.165, 1.54) is 34.4 Å². The van der Waals surface area contributed by atoms with E-state index in [4.69, 9.17) is 0 Å². The number of benzene rings is 1. The maximum atomic E-state index is 12.7. The Morgan fingerprint density at radius 3 is 2.74 bits per heavy atom. The van der Waals surface area contributed by atoms with Crippen LogP contribution in [0, 0.1) is 13.8 Å². The van der Waals surface area contributed by atoms with Crippen LogP contribution < -0.4 is 10.9 Å². The lowest BCUT2D eigenvalue weighted by Gasteiger charge is -2.10. The van der Waals surface area contributed by atoms with E-state index in [1.54, 1.807) is 0 Å². The van der Waals surface area contributed by atoms with Crippen LogP contribution in [0.4, 0.5) is 18.9 Å². The lowest BCUT2D eigenvalue weighted by molar-refractivity contribution is -0.137. The first-order valence-electron chi connectivity index (χ1n) is 8.09. The van der Waals surface area contributed by atoms with Gasteiger partial charge in [0, 0.05) is 23.5 Å². The van der Waals surface area contributed by atoms with Crippen molar-refractivity contribution in [2.24, 2.45) is 0 Å². The van der Waals surface area contributed by atoms with E-state index in [1.807, 2.05) is 13.8 Å². The normalized spacial score (nSPS) is 11.7. The number of rotatable bonds is 4. The van der Waals surface area contributed by atoms with Crippen LogP contribution in [0.1, 0.15) is 22.4 Å². The number of aromatic nitrogens is 2. The van der Waals surface area contributed by atoms with Crippen LogP contribution in [0.3, 0.4) is 0 Å². The molecule has 0 bridgehead atoms. The van der Waals surface area contributed by atoms with Gasteiger partial charge in [-0.1, -0.05) is 6.07 Å². The van der Waals surface area contributed by atoms with Crippen molar-refractivity contribution < 1.29 is 18.0 Å². The molecule has 3 aromatic rings. The molecule has 9 heteroatoms. The number of carbonyl (C=O) groups excluding carboxylic acids is 1.